The standard InChI is InChI=1S/C12H16ClN3O4S/c13-11-9-10(1-3-14-11)21(18,19)15-4-2-12(17)16-5-7-20-8-6-16/h1,3,9,15H,2,4-8H2. The fraction of sp³-hybridized carbons (Fsp3) is 0.500. The number of nitrogens with zero attached hydrogens (tertiary/aromatic N) is 2. The first-order valence-corrected chi connectivity index (χ1v) is 8.32. The second-order valence-corrected chi connectivity index (χ2v) is 6.61. The van der Waals surface area contributed by atoms with Crippen molar-refractivity contribution in [2.24, 2.45) is 0 Å². The molecule has 0 spiro atoms. The Hall–Kier alpha value is -1.22. The number of rotatable bonds is 5. The summed E-state index contributed by atoms with van der Waals surface area (Å²) in [5.74, 6) is -0.0891. The second-order valence-electron chi connectivity index (χ2n) is 4.46. The molecule has 1 amide bonds. The SMILES string of the molecule is O=C(CCNS(=O)(=O)c1ccnc(Cl)c1)N1CCOCC1. The van der Waals surface area contributed by atoms with Crippen LogP contribution in [0.3, 0.4) is 0 Å². The molecule has 1 saturated heterocycles. The molecule has 9 heteroatoms. The van der Waals surface area contributed by atoms with Gasteiger partial charge in [-0.1, -0.05) is 11.6 Å². The van der Waals surface area contributed by atoms with Crippen LogP contribution in [0.1, 0.15) is 6.42 Å². The van der Waals surface area contributed by atoms with Crippen LogP contribution < -0.4 is 4.72 Å². The van der Waals surface area contributed by atoms with E-state index in [1.54, 1.807) is 4.90 Å². The van der Waals surface area contributed by atoms with E-state index in [4.69, 9.17) is 16.3 Å². The number of ether oxygens (including phenoxy) is 1. The van der Waals surface area contributed by atoms with Gasteiger partial charge in [-0.05, 0) is 12.1 Å². The summed E-state index contributed by atoms with van der Waals surface area (Å²) in [7, 11) is -3.68. The van der Waals surface area contributed by atoms with Crippen molar-refractivity contribution in [2.45, 2.75) is 11.3 Å². The number of aromatic nitrogens is 1. The smallest absolute Gasteiger partial charge is 0.240 e. The molecule has 1 aromatic rings. The van der Waals surface area contributed by atoms with Crippen molar-refractivity contribution in [3.8, 4) is 0 Å². The highest BCUT2D eigenvalue weighted by Gasteiger charge is 2.18. The molecule has 2 heterocycles. The van der Waals surface area contributed by atoms with Crippen LogP contribution in [0.4, 0.5) is 0 Å². The molecule has 1 aromatic heterocycles. The molecule has 1 fully saturated rings. The molecule has 0 radical (unpaired) electrons. The zero-order valence-corrected chi connectivity index (χ0v) is 12.9. The topological polar surface area (TPSA) is 88.6 Å². The van der Waals surface area contributed by atoms with Crippen molar-refractivity contribution in [3.63, 3.8) is 0 Å². The molecule has 0 unspecified atom stereocenters. The Balaban J connectivity index is 1.86. The van der Waals surface area contributed by atoms with Gasteiger partial charge in [-0.15, -0.1) is 0 Å². The van der Waals surface area contributed by atoms with E-state index in [1.807, 2.05) is 0 Å². The lowest BCUT2D eigenvalue weighted by molar-refractivity contribution is -0.135. The van der Waals surface area contributed by atoms with Gasteiger partial charge in [0.05, 0.1) is 18.1 Å². The zero-order chi connectivity index (χ0) is 15.3. The lowest BCUT2D eigenvalue weighted by Crippen LogP contribution is -2.42. The maximum absolute atomic E-state index is 12.0. The van der Waals surface area contributed by atoms with E-state index in [0.717, 1.165) is 0 Å². The van der Waals surface area contributed by atoms with Crippen LogP contribution in [0.5, 0.6) is 0 Å². The average molecular weight is 334 g/mol. The van der Waals surface area contributed by atoms with E-state index < -0.39 is 10.0 Å². The molecule has 0 bridgehead atoms. The Morgan fingerprint density at radius 2 is 2.14 bits per heavy atom. The summed E-state index contributed by atoms with van der Waals surface area (Å²) in [6, 6.07) is 2.60. The van der Waals surface area contributed by atoms with Crippen LogP contribution in [-0.4, -0.2) is 57.1 Å². The van der Waals surface area contributed by atoms with E-state index in [9.17, 15) is 13.2 Å². The number of sulfonamides is 1. The monoisotopic (exact) mass is 333 g/mol. The van der Waals surface area contributed by atoms with Gasteiger partial charge in [-0.2, -0.15) is 0 Å². The van der Waals surface area contributed by atoms with Crippen molar-refractivity contribution in [3.05, 3.63) is 23.5 Å². The van der Waals surface area contributed by atoms with E-state index in [1.165, 1.54) is 18.3 Å². The van der Waals surface area contributed by atoms with Gasteiger partial charge in [0.1, 0.15) is 5.15 Å². The molecule has 116 valence electrons. The summed E-state index contributed by atoms with van der Waals surface area (Å²) in [4.78, 5) is 17.3. The summed E-state index contributed by atoms with van der Waals surface area (Å²) < 4.78 is 31.5. The van der Waals surface area contributed by atoms with Crippen molar-refractivity contribution >= 4 is 27.5 Å². The van der Waals surface area contributed by atoms with Crippen molar-refractivity contribution in [2.75, 3.05) is 32.8 Å². The third-order valence-electron chi connectivity index (χ3n) is 3.00. The van der Waals surface area contributed by atoms with E-state index >= 15 is 0 Å². The highest BCUT2D eigenvalue weighted by molar-refractivity contribution is 7.89. The second kappa shape index (κ2) is 7.17. The molecule has 1 N–H and O–H groups in total. The number of pyridine rings is 1. The summed E-state index contributed by atoms with van der Waals surface area (Å²) in [6.45, 7) is 2.18. The van der Waals surface area contributed by atoms with Gasteiger partial charge in [-0.25, -0.2) is 18.1 Å². The lowest BCUT2D eigenvalue weighted by atomic mass is 10.3. The number of hydrogen-bond acceptors (Lipinski definition) is 5. The summed E-state index contributed by atoms with van der Waals surface area (Å²) in [6.07, 6.45) is 1.42. The van der Waals surface area contributed by atoms with Crippen LogP contribution in [0.25, 0.3) is 0 Å². The first kappa shape index (κ1) is 16.2. The van der Waals surface area contributed by atoms with Crippen LogP contribution in [0.15, 0.2) is 23.2 Å². The minimum atomic E-state index is -3.68. The molecule has 1 aliphatic rings. The summed E-state index contributed by atoms with van der Waals surface area (Å²) in [5.41, 5.74) is 0. The molecule has 21 heavy (non-hydrogen) atoms. The van der Waals surface area contributed by atoms with Gasteiger partial charge in [0, 0.05) is 32.3 Å². The minimum absolute atomic E-state index is 0.0290. The largest absolute Gasteiger partial charge is 0.378 e. The van der Waals surface area contributed by atoms with Gasteiger partial charge in [-0.3, -0.25) is 4.79 Å². The summed E-state index contributed by atoms with van der Waals surface area (Å²) >= 11 is 5.66. The normalized spacial score (nSPS) is 16.0. The van der Waals surface area contributed by atoms with Gasteiger partial charge >= 0.3 is 0 Å². The Morgan fingerprint density at radius 1 is 1.43 bits per heavy atom. The van der Waals surface area contributed by atoms with Crippen LogP contribution in [0.2, 0.25) is 5.15 Å². The number of nitrogens with one attached hydrogen (secondary N) is 1. The van der Waals surface area contributed by atoms with Crippen molar-refractivity contribution in [1.29, 1.82) is 0 Å². The minimum Gasteiger partial charge on any atom is -0.378 e. The lowest BCUT2D eigenvalue weighted by Gasteiger charge is -2.26. The highest BCUT2D eigenvalue weighted by Crippen LogP contribution is 2.12. The molecule has 7 nitrogen and oxygen atoms in total. The van der Waals surface area contributed by atoms with Crippen molar-refractivity contribution in [1.82, 2.24) is 14.6 Å². The third-order valence-corrected chi connectivity index (χ3v) is 4.67. The average Bonchev–Trinajstić information content (AvgIpc) is 2.48. The number of halogens is 1. The van der Waals surface area contributed by atoms with Crippen LogP contribution >= 0.6 is 11.6 Å². The van der Waals surface area contributed by atoms with Gasteiger partial charge in [0.25, 0.3) is 0 Å². The zero-order valence-electron chi connectivity index (χ0n) is 11.3. The maximum atomic E-state index is 12.0. The summed E-state index contributed by atoms with van der Waals surface area (Å²) in [5, 5.41) is 0.0993. The first-order valence-electron chi connectivity index (χ1n) is 6.46. The number of carbonyl (C=O) groups excluding carboxylic acids is 1. The van der Waals surface area contributed by atoms with Gasteiger partial charge in [0.15, 0.2) is 0 Å². The van der Waals surface area contributed by atoms with E-state index in [2.05, 4.69) is 9.71 Å². The number of amides is 1. The van der Waals surface area contributed by atoms with Gasteiger partial charge < -0.3 is 9.64 Å². The third kappa shape index (κ3) is 4.63. The molecule has 2 rings (SSSR count). The van der Waals surface area contributed by atoms with Crippen LogP contribution in [0, 0.1) is 0 Å². The maximum Gasteiger partial charge on any atom is 0.240 e. The predicted octanol–water partition coefficient (Wildman–Crippen LogP) is 0.262. The molecule has 0 saturated carbocycles. The van der Waals surface area contributed by atoms with Gasteiger partial charge in [0.2, 0.25) is 15.9 Å². The molecule has 0 aromatic carbocycles. The Bertz CT molecular complexity index is 602. The quantitative estimate of drug-likeness (QED) is 0.781. The Morgan fingerprint density at radius 3 is 2.81 bits per heavy atom. The fourth-order valence-electron chi connectivity index (χ4n) is 1.90. The predicted molar refractivity (Wildman–Crippen MR) is 76.5 cm³/mol. The molecular formula is C12H16ClN3O4S. The Kier molecular flexibility index (Phi) is 5.51. The molecule has 0 aliphatic carbocycles. The first-order chi connectivity index (χ1) is 9.99. The van der Waals surface area contributed by atoms with E-state index in [-0.39, 0.29) is 28.9 Å². The van der Waals surface area contributed by atoms with E-state index in [0.29, 0.717) is 26.3 Å². The number of morpholine rings is 1. The van der Waals surface area contributed by atoms with Crippen molar-refractivity contribution < 1.29 is 17.9 Å². The number of hydrogen-bond donors (Lipinski definition) is 1. The van der Waals surface area contributed by atoms with Crippen LogP contribution in [-0.2, 0) is 19.6 Å². The number of carbonyl (C=O) groups is 1. The fourth-order valence-corrected chi connectivity index (χ4v) is 3.18. The Labute approximate surface area is 128 Å². The highest BCUT2D eigenvalue weighted by atomic mass is 35.5. The molecule has 0 atom stereocenters. The molecular weight excluding hydrogens is 318 g/mol. The molecule has 1 aliphatic heterocycles.